The van der Waals surface area contributed by atoms with Gasteiger partial charge in [0.25, 0.3) is 0 Å². The molecule has 0 atom stereocenters. The number of thiazole rings is 1. The van der Waals surface area contributed by atoms with Gasteiger partial charge in [0, 0.05) is 20.2 Å². The van der Waals surface area contributed by atoms with Gasteiger partial charge in [-0.3, -0.25) is 0 Å². The average molecular weight is 258 g/mol. The Kier molecular flexibility index (Phi) is 6.47. The van der Waals surface area contributed by atoms with Crippen LogP contribution in [0.15, 0.2) is 0 Å². The first kappa shape index (κ1) is 14.4. The molecule has 0 unspecified atom stereocenters. The van der Waals surface area contributed by atoms with Crippen molar-refractivity contribution >= 4 is 16.5 Å². The third-order valence-electron chi connectivity index (χ3n) is 2.45. The number of ether oxygens (including phenoxy) is 1. The zero-order valence-corrected chi connectivity index (χ0v) is 11.7. The Morgan fingerprint density at radius 2 is 1.94 bits per heavy atom. The molecule has 0 saturated carbocycles. The van der Waals surface area contributed by atoms with Crippen LogP contribution in [0.5, 0.6) is 0 Å². The molecule has 1 aromatic rings. The molecule has 0 amide bonds. The van der Waals surface area contributed by atoms with Crippen molar-refractivity contribution in [1.82, 2.24) is 4.98 Å². The maximum atomic E-state index is 9.30. The molecule has 17 heavy (non-hydrogen) atoms. The molecule has 98 valence electrons. The molecular formula is C12H22N2O2S. The summed E-state index contributed by atoms with van der Waals surface area (Å²) in [6.45, 7) is 6.87. The van der Waals surface area contributed by atoms with Gasteiger partial charge in [-0.1, -0.05) is 25.2 Å². The fourth-order valence-corrected chi connectivity index (χ4v) is 2.70. The van der Waals surface area contributed by atoms with Crippen LogP contribution in [-0.4, -0.2) is 30.3 Å². The molecule has 4 nitrogen and oxygen atoms in total. The molecule has 0 spiro atoms. The standard InChI is InChI=1S/C12H22N2O2S/c1-4-6-14(7-5-2)12-13-10(9-16-3)11(8-15)17-12/h15H,4-9H2,1-3H3. The summed E-state index contributed by atoms with van der Waals surface area (Å²) >= 11 is 1.57. The summed E-state index contributed by atoms with van der Waals surface area (Å²) in [6, 6.07) is 0. The Labute approximate surface area is 107 Å². The highest BCUT2D eigenvalue weighted by molar-refractivity contribution is 7.15. The molecule has 5 heteroatoms. The van der Waals surface area contributed by atoms with E-state index in [0.717, 1.165) is 41.6 Å². The van der Waals surface area contributed by atoms with Gasteiger partial charge >= 0.3 is 0 Å². The number of methoxy groups -OCH3 is 1. The monoisotopic (exact) mass is 258 g/mol. The van der Waals surface area contributed by atoms with Crippen LogP contribution in [0.2, 0.25) is 0 Å². The largest absolute Gasteiger partial charge is 0.391 e. The molecule has 0 aliphatic heterocycles. The number of aromatic nitrogens is 1. The molecule has 1 N–H and O–H groups in total. The van der Waals surface area contributed by atoms with E-state index in [1.807, 2.05) is 0 Å². The Bertz CT molecular complexity index is 322. The van der Waals surface area contributed by atoms with Gasteiger partial charge in [0.1, 0.15) is 0 Å². The molecule has 1 rings (SSSR count). The second kappa shape index (κ2) is 7.63. The van der Waals surface area contributed by atoms with Crippen molar-refractivity contribution < 1.29 is 9.84 Å². The Hall–Kier alpha value is -0.650. The van der Waals surface area contributed by atoms with Crippen LogP contribution in [0, 0.1) is 0 Å². The highest BCUT2D eigenvalue weighted by Gasteiger charge is 2.14. The number of rotatable bonds is 8. The van der Waals surface area contributed by atoms with Crippen LogP contribution in [0.3, 0.4) is 0 Å². The van der Waals surface area contributed by atoms with E-state index >= 15 is 0 Å². The van der Waals surface area contributed by atoms with Gasteiger partial charge in [0.05, 0.1) is 23.8 Å². The van der Waals surface area contributed by atoms with Gasteiger partial charge in [-0.05, 0) is 12.8 Å². The molecule has 0 aromatic carbocycles. The summed E-state index contributed by atoms with van der Waals surface area (Å²) in [5.74, 6) is 0. The van der Waals surface area contributed by atoms with Gasteiger partial charge in [-0.2, -0.15) is 0 Å². The van der Waals surface area contributed by atoms with E-state index in [1.165, 1.54) is 0 Å². The van der Waals surface area contributed by atoms with E-state index in [4.69, 9.17) is 4.74 Å². The van der Waals surface area contributed by atoms with E-state index in [9.17, 15) is 5.11 Å². The summed E-state index contributed by atoms with van der Waals surface area (Å²) in [6.07, 6.45) is 2.21. The second-order valence-electron chi connectivity index (χ2n) is 3.94. The lowest BCUT2D eigenvalue weighted by Crippen LogP contribution is -2.24. The van der Waals surface area contributed by atoms with E-state index in [-0.39, 0.29) is 6.61 Å². The number of hydrogen-bond acceptors (Lipinski definition) is 5. The average Bonchev–Trinajstić information content (AvgIpc) is 2.72. The van der Waals surface area contributed by atoms with Crippen molar-refractivity contribution in [3.05, 3.63) is 10.6 Å². The van der Waals surface area contributed by atoms with Crippen LogP contribution in [0.25, 0.3) is 0 Å². The molecule has 0 saturated heterocycles. The molecule has 0 bridgehead atoms. The third kappa shape index (κ3) is 3.94. The van der Waals surface area contributed by atoms with Crippen molar-refractivity contribution in [1.29, 1.82) is 0 Å². The highest BCUT2D eigenvalue weighted by atomic mass is 32.1. The van der Waals surface area contributed by atoms with E-state index in [0.29, 0.717) is 6.61 Å². The Balaban J connectivity index is 2.86. The topological polar surface area (TPSA) is 45.6 Å². The van der Waals surface area contributed by atoms with E-state index in [2.05, 4.69) is 23.7 Å². The van der Waals surface area contributed by atoms with Crippen LogP contribution in [0.1, 0.15) is 37.3 Å². The van der Waals surface area contributed by atoms with Gasteiger partial charge in [0.2, 0.25) is 0 Å². The zero-order chi connectivity index (χ0) is 12.7. The number of hydrogen-bond donors (Lipinski definition) is 1. The highest BCUT2D eigenvalue weighted by Crippen LogP contribution is 2.27. The molecule has 1 aromatic heterocycles. The first-order valence-corrected chi connectivity index (χ1v) is 6.91. The summed E-state index contributed by atoms with van der Waals surface area (Å²) in [7, 11) is 1.65. The zero-order valence-electron chi connectivity index (χ0n) is 10.9. The van der Waals surface area contributed by atoms with Crippen molar-refractivity contribution in [2.45, 2.75) is 39.9 Å². The maximum Gasteiger partial charge on any atom is 0.185 e. The molecule has 0 aliphatic rings. The van der Waals surface area contributed by atoms with Crippen molar-refractivity contribution in [2.75, 3.05) is 25.1 Å². The van der Waals surface area contributed by atoms with Crippen LogP contribution >= 0.6 is 11.3 Å². The lowest BCUT2D eigenvalue weighted by Gasteiger charge is -2.19. The second-order valence-corrected chi connectivity index (χ2v) is 5.01. The van der Waals surface area contributed by atoms with E-state index in [1.54, 1.807) is 18.4 Å². The smallest absolute Gasteiger partial charge is 0.185 e. The molecule has 1 heterocycles. The number of anilines is 1. The van der Waals surface area contributed by atoms with Gasteiger partial charge in [0.15, 0.2) is 5.13 Å². The minimum Gasteiger partial charge on any atom is -0.391 e. The molecule has 0 radical (unpaired) electrons. The molecular weight excluding hydrogens is 236 g/mol. The Morgan fingerprint density at radius 1 is 1.29 bits per heavy atom. The summed E-state index contributed by atoms with van der Waals surface area (Å²) < 4.78 is 5.10. The quantitative estimate of drug-likeness (QED) is 0.778. The normalized spacial score (nSPS) is 10.8. The van der Waals surface area contributed by atoms with Crippen molar-refractivity contribution in [3.63, 3.8) is 0 Å². The SMILES string of the molecule is CCCN(CCC)c1nc(COC)c(CO)s1. The molecule has 0 aliphatic carbocycles. The van der Waals surface area contributed by atoms with Gasteiger partial charge in [-0.15, -0.1) is 0 Å². The lowest BCUT2D eigenvalue weighted by molar-refractivity contribution is 0.179. The van der Waals surface area contributed by atoms with Crippen molar-refractivity contribution in [3.8, 4) is 0 Å². The van der Waals surface area contributed by atoms with Crippen LogP contribution in [0.4, 0.5) is 5.13 Å². The third-order valence-corrected chi connectivity index (χ3v) is 3.59. The molecule has 0 fully saturated rings. The van der Waals surface area contributed by atoms with Gasteiger partial charge in [-0.25, -0.2) is 4.98 Å². The number of aliphatic hydroxyl groups is 1. The maximum absolute atomic E-state index is 9.30. The van der Waals surface area contributed by atoms with Crippen molar-refractivity contribution in [2.24, 2.45) is 0 Å². The predicted molar refractivity (Wildman–Crippen MR) is 71.5 cm³/mol. The fraction of sp³-hybridized carbons (Fsp3) is 0.750. The first-order chi connectivity index (χ1) is 8.26. The lowest BCUT2D eigenvalue weighted by atomic mass is 10.4. The van der Waals surface area contributed by atoms with Gasteiger partial charge < -0.3 is 14.7 Å². The van der Waals surface area contributed by atoms with Crippen LogP contribution in [-0.2, 0) is 18.0 Å². The Morgan fingerprint density at radius 3 is 2.41 bits per heavy atom. The summed E-state index contributed by atoms with van der Waals surface area (Å²) in [4.78, 5) is 7.76. The number of aliphatic hydroxyl groups excluding tert-OH is 1. The fourth-order valence-electron chi connectivity index (χ4n) is 1.72. The minimum absolute atomic E-state index is 0.0441. The minimum atomic E-state index is 0.0441. The van der Waals surface area contributed by atoms with E-state index < -0.39 is 0 Å². The van der Waals surface area contributed by atoms with Crippen LogP contribution < -0.4 is 4.90 Å². The summed E-state index contributed by atoms with van der Waals surface area (Å²) in [5.41, 5.74) is 0.868. The first-order valence-electron chi connectivity index (χ1n) is 6.10. The predicted octanol–water partition coefficient (Wildman–Crippen LogP) is 2.41. The number of nitrogens with zero attached hydrogens (tertiary/aromatic N) is 2. The summed E-state index contributed by atoms with van der Waals surface area (Å²) in [5, 5.41) is 10.3.